The molecule has 1 saturated carbocycles. The van der Waals surface area contributed by atoms with E-state index in [0.29, 0.717) is 6.04 Å². The number of rotatable bonds is 3. The number of nitrogens with one attached hydrogen (secondary N) is 1. The van der Waals surface area contributed by atoms with Gasteiger partial charge >= 0.3 is 0 Å². The summed E-state index contributed by atoms with van der Waals surface area (Å²) in [7, 11) is 0. The van der Waals surface area contributed by atoms with Crippen molar-refractivity contribution in [2.24, 2.45) is 0 Å². The molecule has 4 rings (SSSR count). The van der Waals surface area contributed by atoms with Crippen LogP contribution >= 0.6 is 11.3 Å². The maximum Gasteiger partial charge on any atom is 0.180 e. The molecule has 0 saturated heterocycles. The maximum absolute atomic E-state index is 9.61. The van der Waals surface area contributed by atoms with Crippen LogP contribution in [0.15, 0.2) is 35.4 Å². The summed E-state index contributed by atoms with van der Waals surface area (Å²) < 4.78 is 2.08. The first-order chi connectivity index (χ1) is 10.8. The van der Waals surface area contributed by atoms with Gasteiger partial charge in [0.05, 0.1) is 18.0 Å². The third-order valence-electron chi connectivity index (χ3n) is 4.28. The smallest absolute Gasteiger partial charge is 0.180 e. The number of aliphatic hydroxyl groups is 1. The predicted octanol–water partition coefficient (Wildman–Crippen LogP) is 3.17. The number of hydrogen-bond donors (Lipinski definition) is 2. The molecule has 0 aliphatic heterocycles. The fourth-order valence-electron chi connectivity index (χ4n) is 3.06. The number of imidazole rings is 1. The van der Waals surface area contributed by atoms with E-state index in [2.05, 4.69) is 36.5 Å². The standard InChI is InChI=1S/C16H18N4OS/c21-13-3-1-12(2-4-13)19-15-16-18-9-14(11-5-8-22-10-11)20(16)7-6-17-15/h5-10,12-13,21H,1-4H2,(H,17,19). The lowest BCUT2D eigenvalue weighted by atomic mass is 9.93. The van der Waals surface area contributed by atoms with Crippen LogP contribution in [0.25, 0.3) is 16.9 Å². The van der Waals surface area contributed by atoms with Crippen molar-refractivity contribution in [2.45, 2.75) is 37.8 Å². The van der Waals surface area contributed by atoms with Crippen LogP contribution in [0.5, 0.6) is 0 Å². The highest BCUT2D eigenvalue weighted by Gasteiger charge is 2.20. The van der Waals surface area contributed by atoms with E-state index < -0.39 is 0 Å². The average Bonchev–Trinajstić information content (AvgIpc) is 3.18. The van der Waals surface area contributed by atoms with E-state index in [4.69, 9.17) is 0 Å². The van der Waals surface area contributed by atoms with Crippen LogP contribution in [0.1, 0.15) is 25.7 Å². The van der Waals surface area contributed by atoms with Gasteiger partial charge in [-0.05, 0) is 37.1 Å². The van der Waals surface area contributed by atoms with Gasteiger partial charge in [0.1, 0.15) is 0 Å². The van der Waals surface area contributed by atoms with Crippen molar-refractivity contribution < 1.29 is 5.11 Å². The molecule has 6 heteroatoms. The Morgan fingerprint density at radius 1 is 1.23 bits per heavy atom. The molecule has 114 valence electrons. The molecule has 5 nitrogen and oxygen atoms in total. The minimum atomic E-state index is -0.140. The van der Waals surface area contributed by atoms with Gasteiger partial charge in [0.25, 0.3) is 0 Å². The monoisotopic (exact) mass is 314 g/mol. The lowest BCUT2D eigenvalue weighted by Gasteiger charge is -2.26. The maximum atomic E-state index is 9.61. The van der Waals surface area contributed by atoms with Gasteiger partial charge in [-0.2, -0.15) is 11.3 Å². The van der Waals surface area contributed by atoms with Crippen LogP contribution in [0.3, 0.4) is 0 Å². The number of thiophene rings is 1. The summed E-state index contributed by atoms with van der Waals surface area (Å²) >= 11 is 1.68. The second kappa shape index (κ2) is 5.70. The lowest BCUT2D eigenvalue weighted by molar-refractivity contribution is 0.126. The fraction of sp³-hybridized carbons (Fsp3) is 0.375. The first-order valence-corrected chi connectivity index (χ1v) is 8.55. The second-order valence-corrected chi connectivity index (χ2v) is 6.55. The Hall–Kier alpha value is -1.92. The van der Waals surface area contributed by atoms with Gasteiger partial charge in [0.2, 0.25) is 0 Å². The van der Waals surface area contributed by atoms with E-state index in [1.165, 1.54) is 5.56 Å². The molecule has 0 spiro atoms. The van der Waals surface area contributed by atoms with E-state index in [9.17, 15) is 5.11 Å². The van der Waals surface area contributed by atoms with Gasteiger partial charge in [-0.25, -0.2) is 9.97 Å². The van der Waals surface area contributed by atoms with Gasteiger partial charge in [-0.15, -0.1) is 0 Å². The SMILES string of the molecule is OC1CCC(Nc2nccn3c(-c4ccsc4)cnc23)CC1. The summed E-state index contributed by atoms with van der Waals surface area (Å²) in [6.45, 7) is 0. The van der Waals surface area contributed by atoms with Crippen molar-refractivity contribution in [3.63, 3.8) is 0 Å². The summed E-state index contributed by atoms with van der Waals surface area (Å²) in [5.41, 5.74) is 3.12. The summed E-state index contributed by atoms with van der Waals surface area (Å²) in [6, 6.07) is 2.47. The third kappa shape index (κ3) is 2.48. The molecule has 0 amide bonds. The highest BCUT2D eigenvalue weighted by molar-refractivity contribution is 7.08. The molecule has 1 aliphatic carbocycles. The predicted molar refractivity (Wildman–Crippen MR) is 88.2 cm³/mol. The van der Waals surface area contributed by atoms with Crippen molar-refractivity contribution in [1.82, 2.24) is 14.4 Å². The van der Waals surface area contributed by atoms with Crippen LogP contribution in [0.4, 0.5) is 5.82 Å². The Labute approximate surface area is 132 Å². The molecular formula is C16H18N4OS. The summed E-state index contributed by atoms with van der Waals surface area (Å²) in [5.74, 6) is 0.824. The zero-order chi connectivity index (χ0) is 14.9. The van der Waals surface area contributed by atoms with Crippen LogP contribution < -0.4 is 5.32 Å². The van der Waals surface area contributed by atoms with Gasteiger partial charge in [0.15, 0.2) is 11.5 Å². The van der Waals surface area contributed by atoms with Crippen LogP contribution in [0.2, 0.25) is 0 Å². The van der Waals surface area contributed by atoms with E-state index in [0.717, 1.165) is 42.8 Å². The number of hydrogen-bond acceptors (Lipinski definition) is 5. The average molecular weight is 314 g/mol. The number of aromatic nitrogens is 3. The first kappa shape index (κ1) is 13.7. The molecule has 0 unspecified atom stereocenters. The lowest BCUT2D eigenvalue weighted by Crippen LogP contribution is -2.28. The minimum absolute atomic E-state index is 0.140. The molecular weight excluding hydrogens is 296 g/mol. The number of anilines is 1. The van der Waals surface area contributed by atoms with E-state index in [1.807, 2.05) is 18.6 Å². The van der Waals surface area contributed by atoms with Crippen LogP contribution in [-0.4, -0.2) is 31.6 Å². The molecule has 3 aromatic heterocycles. The molecule has 0 atom stereocenters. The summed E-state index contributed by atoms with van der Waals surface area (Å²) in [6.07, 6.45) is 9.18. The number of fused-ring (bicyclic) bond motifs is 1. The van der Waals surface area contributed by atoms with Crippen molar-refractivity contribution in [2.75, 3.05) is 5.32 Å². The Morgan fingerprint density at radius 2 is 2.09 bits per heavy atom. The number of nitrogens with zero attached hydrogens (tertiary/aromatic N) is 3. The van der Waals surface area contributed by atoms with Crippen LogP contribution in [0, 0.1) is 0 Å². The van der Waals surface area contributed by atoms with E-state index in [1.54, 1.807) is 11.3 Å². The molecule has 1 aliphatic rings. The Morgan fingerprint density at radius 3 is 2.86 bits per heavy atom. The van der Waals surface area contributed by atoms with Crippen molar-refractivity contribution in [3.05, 3.63) is 35.4 Å². The summed E-state index contributed by atoms with van der Waals surface area (Å²) in [5, 5.41) is 17.3. The third-order valence-corrected chi connectivity index (χ3v) is 4.97. The fourth-order valence-corrected chi connectivity index (χ4v) is 3.71. The van der Waals surface area contributed by atoms with Crippen molar-refractivity contribution in [1.29, 1.82) is 0 Å². The second-order valence-electron chi connectivity index (χ2n) is 5.77. The quantitative estimate of drug-likeness (QED) is 0.779. The van der Waals surface area contributed by atoms with Gasteiger partial charge in [-0.3, -0.25) is 4.40 Å². The Kier molecular flexibility index (Phi) is 3.56. The molecule has 3 heterocycles. The Balaban J connectivity index is 1.65. The van der Waals surface area contributed by atoms with Crippen molar-refractivity contribution in [3.8, 4) is 11.3 Å². The molecule has 0 bridgehead atoms. The van der Waals surface area contributed by atoms with E-state index in [-0.39, 0.29) is 6.10 Å². The molecule has 22 heavy (non-hydrogen) atoms. The van der Waals surface area contributed by atoms with Gasteiger partial charge < -0.3 is 10.4 Å². The highest BCUT2D eigenvalue weighted by atomic mass is 32.1. The number of aliphatic hydroxyl groups excluding tert-OH is 1. The normalized spacial score (nSPS) is 22.0. The minimum Gasteiger partial charge on any atom is -0.393 e. The van der Waals surface area contributed by atoms with E-state index >= 15 is 0 Å². The zero-order valence-electron chi connectivity index (χ0n) is 12.1. The van der Waals surface area contributed by atoms with Crippen LogP contribution in [-0.2, 0) is 0 Å². The largest absolute Gasteiger partial charge is 0.393 e. The molecule has 2 N–H and O–H groups in total. The zero-order valence-corrected chi connectivity index (χ0v) is 13.0. The molecule has 1 fully saturated rings. The topological polar surface area (TPSA) is 62.5 Å². The van der Waals surface area contributed by atoms with Gasteiger partial charge in [0, 0.05) is 29.4 Å². The Bertz CT molecular complexity index is 760. The molecule has 3 aromatic rings. The molecule has 0 radical (unpaired) electrons. The van der Waals surface area contributed by atoms with Crippen molar-refractivity contribution >= 4 is 22.8 Å². The highest BCUT2D eigenvalue weighted by Crippen LogP contribution is 2.27. The first-order valence-electron chi connectivity index (χ1n) is 7.60. The molecule has 0 aromatic carbocycles. The van der Waals surface area contributed by atoms with Gasteiger partial charge in [-0.1, -0.05) is 0 Å². The summed E-state index contributed by atoms with van der Waals surface area (Å²) in [4.78, 5) is 9.01.